The minimum atomic E-state index is -1.15. The third-order valence-electron chi connectivity index (χ3n) is 7.35. The van der Waals surface area contributed by atoms with E-state index in [2.05, 4.69) is 20.3 Å². The van der Waals surface area contributed by atoms with E-state index in [0.717, 1.165) is 34.5 Å². The molecule has 9 heteroatoms. The zero-order valence-electron chi connectivity index (χ0n) is 20.7. The fourth-order valence-corrected chi connectivity index (χ4v) is 6.36. The summed E-state index contributed by atoms with van der Waals surface area (Å²) in [5.41, 5.74) is 1.44. The van der Waals surface area contributed by atoms with Gasteiger partial charge in [-0.05, 0) is 79.7 Å². The van der Waals surface area contributed by atoms with Gasteiger partial charge in [0, 0.05) is 18.1 Å². The smallest absolute Gasteiger partial charge is 0.307 e. The molecule has 7 nitrogen and oxygen atoms in total. The van der Waals surface area contributed by atoms with Gasteiger partial charge in [0.1, 0.15) is 16.8 Å². The van der Waals surface area contributed by atoms with Crippen LogP contribution in [0, 0.1) is 24.2 Å². The van der Waals surface area contributed by atoms with Crippen molar-refractivity contribution in [3.05, 3.63) is 52.9 Å². The number of carboxylic acid groups (broad SMARTS) is 1. The second kappa shape index (κ2) is 9.19. The zero-order valence-corrected chi connectivity index (χ0v) is 21.5. The molecule has 36 heavy (non-hydrogen) atoms. The summed E-state index contributed by atoms with van der Waals surface area (Å²) in [6.45, 7) is 5.79. The van der Waals surface area contributed by atoms with E-state index in [9.17, 15) is 19.4 Å². The number of nitrogens with one attached hydrogen (secondary N) is 1. The van der Waals surface area contributed by atoms with E-state index in [1.54, 1.807) is 18.5 Å². The van der Waals surface area contributed by atoms with Crippen LogP contribution in [0.15, 0.2) is 36.7 Å². The number of carbonyl (C=O) groups is 1. The number of thiazole rings is 1. The number of alkyl halides is 1. The molecule has 0 radical (unpaired) electrons. The van der Waals surface area contributed by atoms with Gasteiger partial charge in [0.25, 0.3) is 0 Å². The molecule has 0 amide bonds. The Bertz CT molecular complexity index is 1290. The summed E-state index contributed by atoms with van der Waals surface area (Å²) in [5, 5.41) is 24.8. The van der Waals surface area contributed by atoms with Crippen molar-refractivity contribution < 1.29 is 19.4 Å². The van der Waals surface area contributed by atoms with Gasteiger partial charge in [-0.1, -0.05) is 19.9 Å². The molecule has 3 N–H and O–H groups in total. The van der Waals surface area contributed by atoms with Crippen LogP contribution in [0.2, 0.25) is 0 Å². The Morgan fingerprint density at radius 3 is 2.69 bits per heavy atom. The lowest BCUT2D eigenvalue weighted by atomic mass is 9.63. The number of aliphatic carboxylic acids is 1. The van der Waals surface area contributed by atoms with Gasteiger partial charge in [0.05, 0.1) is 16.5 Å². The molecule has 0 saturated heterocycles. The van der Waals surface area contributed by atoms with Crippen molar-refractivity contribution in [1.29, 1.82) is 0 Å². The van der Waals surface area contributed by atoms with Gasteiger partial charge < -0.3 is 15.5 Å². The lowest BCUT2D eigenvalue weighted by Crippen LogP contribution is -2.44. The summed E-state index contributed by atoms with van der Waals surface area (Å²) in [4.78, 5) is 25.8. The van der Waals surface area contributed by atoms with Crippen molar-refractivity contribution in [3.8, 4) is 10.4 Å². The summed E-state index contributed by atoms with van der Waals surface area (Å²) in [6, 6.07) is 7.60. The average molecular weight is 511 g/mol. The summed E-state index contributed by atoms with van der Waals surface area (Å²) in [7, 11) is 0. The van der Waals surface area contributed by atoms with Gasteiger partial charge >= 0.3 is 5.97 Å². The predicted octanol–water partition coefficient (Wildman–Crippen LogP) is 6.17. The van der Waals surface area contributed by atoms with Crippen LogP contribution in [-0.2, 0) is 10.4 Å². The maximum atomic E-state index is 14.5. The lowest BCUT2D eigenvalue weighted by Gasteiger charge is -2.44. The van der Waals surface area contributed by atoms with E-state index < -0.39 is 29.1 Å². The van der Waals surface area contributed by atoms with E-state index in [1.165, 1.54) is 11.3 Å². The Morgan fingerprint density at radius 1 is 1.22 bits per heavy atom. The standard InChI is InChI=1S/C27H31FN4O3S/c1-15-10-17(12-18(11-15)31-25-29-9-7-20(32-25)22(28)16-4-5-16)21-13-30-24(36-21)27(35)8-6-19(23(33)34)26(2,3)14-27/h7,9-13,16,19,22,35H,4-6,8,14H2,1-3H3,(H,33,34)(H,29,31,32)/t19?,22?,27-/m1/s1. The molecular formula is C27H31FN4O3S. The Balaban J connectivity index is 1.37. The first-order chi connectivity index (χ1) is 17.0. The normalized spacial score (nSPS) is 24.3. The largest absolute Gasteiger partial charge is 0.481 e. The third kappa shape index (κ3) is 4.99. The van der Waals surface area contributed by atoms with Crippen molar-refractivity contribution in [2.24, 2.45) is 17.3 Å². The van der Waals surface area contributed by atoms with Gasteiger partial charge in [-0.2, -0.15) is 0 Å². The number of hydrogen-bond donors (Lipinski definition) is 3. The Kier molecular flexibility index (Phi) is 6.32. The summed E-state index contributed by atoms with van der Waals surface area (Å²) < 4.78 is 14.5. The molecule has 0 aliphatic heterocycles. The van der Waals surface area contributed by atoms with Gasteiger partial charge in [0.15, 0.2) is 0 Å². The average Bonchev–Trinajstić information content (AvgIpc) is 3.52. The third-order valence-corrected chi connectivity index (χ3v) is 8.59. The number of aliphatic hydroxyl groups is 1. The summed E-state index contributed by atoms with van der Waals surface area (Å²) >= 11 is 1.42. The minimum Gasteiger partial charge on any atom is -0.481 e. The molecule has 1 aromatic carbocycles. The summed E-state index contributed by atoms with van der Waals surface area (Å²) in [6.07, 6.45) is 5.20. The molecule has 190 valence electrons. The SMILES string of the molecule is Cc1cc(Nc2nccc(C(F)C3CC3)n2)cc(-c2cnc([C@@]3(O)CCC(C(=O)O)C(C)(C)C3)s2)c1. The number of nitrogens with zero attached hydrogens (tertiary/aromatic N) is 3. The van der Waals surface area contributed by atoms with Gasteiger partial charge in [-0.15, -0.1) is 11.3 Å². The van der Waals surface area contributed by atoms with Gasteiger partial charge in [-0.3, -0.25) is 4.79 Å². The zero-order chi connectivity index (χ0) is 25.7. The number of hydrogen-bond acceptors (Lipinski definition) is 7. The maximum absolute atomic E-state index is 14.5. The first-order valence-electron chi connectivity index (χ1n) is 12.3. The molecule has 2 aromatic heterocycles. The van der Waals surface area contributed by atoms with Crippen molar-refractivity contribution in [2.45, 2.75) is 64.6 Å². The van der Waals surface area contributed by atoms with Crippen LogP contribution in [0.5, 0.6) is 0 Å². The van der Waals surface area contributed by atoms with Crippen molar-refractivity contribution in [3.63, 3.8) is 0 Å². The van der Waals surface area contributed by atoms with Crippen LogP contribution in [0.3, 0.4) is 0 Å². The molecule has 2 aliphatic rings. The van der Waals surface area contributed by atoms with Crippen LogP contribution < -0.4 is 5.32 Å². The fourth-order valence-electron chi connectivity index (χ4n) is 5.35. The second-order valence-electron chi connectivity index (χ2n) is 10.9. The number of anilines is 2. The lowest BCUT2D eigenvalue weighted by molar-refractivity contribution is -0.154. The van der Waals surface area contributed by atoms with Gasteiger partial charge in [-0.25, -0.2) is 19.3 Å². The van der Waals surface area contributed by atoms with E-state index >= 15 is 0 Å². The highest BCUT2D eigenvalue weighted by molar-refractivity contribution is 7.15. The highest BCUT2D eigenvalue weighted by Gasteiger charge is 2.49. The number of benzene rings is 1. The maximum Gasteiger partial charge on any atom is 0.307 e. The summed E-state index contributed by atoms with van der Waals surface area (Å²) in [5.74, 6) is -0.881. The molecule has 0 spiro atoms. The van der Waals surface area contributed by atoms with E-state index in [1.807, 2.05) is 39.0 Å². The van der Waals surface area contributed by atoms with Crippen LogP contribution in [0.25, 0.3) is 10.4 Å². The molecule has 3 aromatic rings. The monoisotopic (exact) mass is 510 g/mol. The molecule has 3 atom stereocenters. The highest BCUT2D eigenvalue weighted by Crippen LogP contribution is 2.51. The van der Waals surface area contributed by atoms with Crippen LogP contribution in [-0.4, -0.2) is 31.1 Å². The number of rotatable bonds is 7. The molecule has 0 bridgehead atoms. The molecule has 2 aliphatic carbocycles. The van der Waals surface area contributed by atoms with Crippen LogP contribution >= 0.6 is 11.3 Å². The number of aromatic nitrogens is 3. The van der Waals surface area contributed by atoms with Crippen LogP contribution in [0.1, 0.15) is 68.4 Å². The molecule has 2 fully saturated rings. The van der Waals surface area contributed by atoms with Gasteiger partial charge in [0.2, 0.25) is 5.95 Å². The Morgan fingerprint density at radius 2 is 2.00 bits per heavy atom. The van der Waals surface area contributed by atoms with Crippen LogP contribution in [0.4, 0.5) is 16.0 Å². The van der Waals surface area contributed by atoms with Crippen molar-refractivity contribution in [1.82, 2.24) is 15.0 Å². The molecule has 2 unspecified atom stereocenters. The Hall–Kier alpha value is -2.91. The molecule has 2 heterocycles. The fraction of sp³-hybridized carbons (Fsp3) is 0.481. The van der Waals surface area contributed by atoms with Crippen molar-refractivity contribution >= 4 is 28.9 Å². The first kappa shape index (κ1) is 24.8. The predicted molar refractivity (Wildman–Crippen MR) is 137 cm³/mol. The quantitative estimate of drug-likeness (QED) is 0.349. The molecule has 2 saturated carbocycles. The minimum absolute atomic E-state index is 0.0680. The topological polar surface area (TPSA) is 108 Å². The molecule has 5 rings (SSSR count). The second-order valence-corrected chi connectivity index (χ2v) is 11.9. The first-order valence-corrected chi connectivity index (χ1v) is 13.1. The van der Waals surface area contributed by atoms with Crippen molar-refractivity contribution in [2.75, 3.05) is 5.32 Å². The number of aryl methyl sites for hydroxylation is 1. The molecular weight excluding hydrogens is 479 g/mol. The number of halogens is 1. The van der Waals surface area contributed by atoms with E-state index in [0.29, 0.717) is 35.9 Å². The van der Waals surface area contributed by atoms with E-state index in [4.69, 9.17) is 0 Å². The number of carboxylic acids is 1. The Labute approximate surface area is 213 Å². The highest BCUT2D eigenvalue weighted by atomic mass is 32.1. The van der Waals surface area contributed by atoms with E-state index in [-0.39, 0.29) is 5.92 Å².